The minimum atomic E-state index is -0.171. The number of hydrogen-bond acceptors (Lipinski definition) is 5. The molecule has 1 aromatic carbocycles. The first kappa shape index (κ1) is 17.8. The third-order valence-corrected chi connectivity index (χ3v) is 5.05. The summed E-state index contributed by atoms with van der Waals surface area (Å²) in [7, 11) is 2.04. The molecule has 0 unspecified atom stereocenters. The monoisotopic (exact) mass is 378 g/mol. The molecule has 1 aliphatic rings. The van der Waals surface area contributed by atoms with Crippen LogP contribution >= 0.6 is 22.9 Å². The van der Waals surface area contributed by atoms with E-state index >= 15 is 0 Å². The maximum Gasteiger partial charge on any atom is 0.273 e. The number of nitrogens with zero attached hydrogens (tertiary/aromatic N) is 3. The summed E-state index contributed by atoms with van der Waals surface area (Å²) < 4.78 is 0. The van der Waals surface area contributed by atoms with Crippen LogP contribution in [0.2, 0.25) is 5.02 Å². The van der Waals surface area contributed by atoms with E-state index in [1.54, 1.807) is 22.4 Å². The van der Waals surface area contributed by atoms with E-state index in [0.717, 1.165) is 18.7 Å². The van der Waals surface area contributed by atoms with Crippen molar-refractivity contribution in [2.75, 3.05) is 38.5 Å². The zero-order valence-electron chi connectivity index (χ0n) is 13.9. The van der Waals surface area contributed by atoms with E-state index in [4.69, 9.17) is 11.6 Å². The van der Waals surface area contributed by atoms with Crippen LogP contribution in [0.5, 0.6) is 0 Å². The standard InChI is InChI=1S/C17H19ClN4O2S/c1-21-6-8-22(9-7-21)16(24)14-11-25-17(19-14)20-15(23)10-12-2-4-13(18)5-3-12/h2-5,11H,6-10H2,1H3,(H,19,20,23). The van der Waals surface area contributed by atoms with Crippen molar-refractivity contribution in [2.24, 2.45) is 0 Å². The maximum absolute atomic E-state index is 12.5. The van der Waals surface area contributed by atoms with Crippen LogP contribution in [-0.2, 0) is 11.2 Å². The van der Waals surface area contributed by atoms with Crippen LogP contribution in [0.1, 0.15) is 16.1 Å². The Kier molecular flexibility index (Phi) is 5.67. The predicted octanol–water partition coefficient (Wildman–Crippen LogP) is 2.37. The number of amides is 2. The molecule has 1 aromatic heterocycles. The zero-order valence-corrected chi connectivity index (χ0v) is 15.4. The van der Waals surface area contributed by atoms with E-state index in [9.17, 15) is 9.59 Å². The highest BCUT2D eigenvalue weighted by molar-refractivity contribution is 7.14. The predicted molar refractivity (Wildman–Crippen MR) is 99.3 cm³/mol. The van der Waals surface area contributed by atoms with Gasteiger partial charge >= 0.3 is 0 Å². The average molecular weight is 379 g/mol. The summed E-state index contributed by atoms with van der Waals surface area (Å²) in [5.74, 6) is -0.252. The number of carbonyl (C=O) groups is 2. The van der Waals surface area contributed by atoms with Crippen molar-refractivity contribution in [1.82, 2.24) is 14.8 Å². The summed E-state index contributed by atoms with van der Waals surface area (Å²) in [4.78, 5) is 32.8. The summed E-state index contributed by atoms with van der Waals surface area (Å²) in [6.07, 6.45) is 0.235. The molecule has 2 heterocycles. The summed E-state index contributed by atoms with van der Waals surface area (Å²) in [6, 6.07) is 7.12. The molecule has 1 aliphatic heterocycles. The van der Waals surface area contributed by atoms with Crippen molar-refractivity contribution in [1.29, 1.82) is 0 Å². The van der Waals surface area contributed by atoms with Crippen LogP contribution in [0.4, 0.5) is 5.13 Å². The Balaban J connectivity index is 1.56. The average Bonchev–Trinajstić information content (AvgIpc) is 3.05. The van der Waals surface area contributed by atoms with Gasteiger partial charge in [0, 0.05) is 36.6 Å². The molecule has 132 valence electrons. The number of hydrogen-bond donors (Lipinski definition) is 1. The molecule has 2 aromatic rings. The molecule has 0 aliphatic carbocycles. The second-order valence-electron chi connectivity index (χ2n) is 5.98. The van der Waals surface area contributed by atoms with Crippen molar-refractivity contribution in [3.05, 3.63) is 45.9 Å². The number of carbonyl (C=O) groups excluding carboxylic acids is 2. The Morgan fingerprint density at radius 3 is 2.56 bits per heavy atom. The molecule has 8 heteroatoms. The molecule has 0 radical (unpaired) electrons. The van der Waals surface area contributed by atoms with E-state index in [-0.39, 0.29) is 18.2 Å². The number of thiazole rings is 1. The Hall–Kier alpha value is -1.96. The van der Waals surface area contributed by atoms with Gasteiger partial charge in [-0.25, -0.2) is 4.98 Å². The molecule has 0 atom stereocenters. The molecule has 1 saturated heterocycles. The first-order valence-corrected chi connectivity index (χ1v) is 9.24. The fourth-order valence-electron chi connectivity index (χ4n) is 2.55. The highest BCUT2D eigenvalue weighted by Gasteiger charge is 2.22. The van der Waals surface area contributed by atoms with E-state index in [0.29, 0.717) is 28.9 Å². The topological polar surface area (TPSA) is 65.5 Å². The van der Waals surface area contributed by atoms with Crippen molar-refractivity contribution in [2.45, 2.75) is 6.42 Å². The Morgan fingerprint density at radius 2 is 1.88 bits per heavy atom. The van der Waals surface area contributed by atoms with Crippen LogP contribution in [0.3, 0.4) is 0 Å². The smallest absolute Gasteiger partial charge is 0.273 e. The lowest BCUT2D eigenvalue weighted by Crippen LogP contribution is -2.47. The van der Waals surface area contributed by atoms with Gasteiger partial charge in [0.25, 0.3) is 5.91 Å². The van der Waals surface area contributed by atoms with Gasteiger partial charge in [0.15, 0.2) is 5.13 Å². The van der Waals surface area contributed by atoms with Gasteiger partial charge in [-0.2, -0.15) is 0 Å². The van der Waals surface area contributed by atoms with E-state index in [1.807, 2.05) is 19.2 Å². The van der Waals surface area contributed by atoms with Gasteiger partial charge in [-0.3, -0.25) is 9.59 Å². The second-order valence-corrected chi connectivity index (χ2v) is 7.28. The van der Waals surface area contributed by atoms with Crippen molar-refractivity contribution >= 4 is 39.9 Å². The zero-order chi connectivity index (χ0) is 17.8. The van der Waals surface area contributed by atoms with Gasteiger partial charge < -0.3 is 15.1 Å². The summed E-state index contributed by atoms with van der Waals surface area (Å²) in [5, 5.41) is 5.52. The van der Waals surface area contributed by atoms with Crippen molar-refractivity contribution < 1.29 is 9.59 Å². The molecule has 1 fully saturated rings. The number of piperazine rings is 1. The number of aromatic nitrogens is 1. The SMILES string of the molecule is CN1CCN(C(=O)c2csc(NC(=O)Cc3ccc(Cl)cc3)n2)CC1. The van der Waals surface area contributed by atoms with Gasteiger partial charge in [-0.05, 0) is 24.7 Å². The molecule has 25 heavy (non-hydrogen) atoms. The fourth-order valence-corrected chi connectivity index (χ4v) is 3.38. The van der Waals surface area contributed by atoms with Gasteiger partial charge in [0.1, 0.15) is 5.69 Å². The largest absolute Gasteiger partial charge is 0.335 e. The quantitative estimate of drug-likeness (QED) is 0.887. The molecule has 0 bridgehead atoms. The molecule has 0 spiro atoms. The first-order chi connectivity index (χ1) is 12.0. The van der Waals surface area contributed by atoms with Crippen molar-refractivity contribution in [3.8, 4) is 0 Å². The molecular formula is C17H19ClN4O2S. The Labute approximate surface area is 155 Å². The molecule has 0 saturated carbocycles. The van der Waals surface area contributed by atoms with E-state index < -0.39 is 0 Å². The van der Waals surface area contributed by atoms with Gasteiger partial charge in [0.2, 0.25) is 5.91 Å². The van der Waals surface area contributed by atoms with Crippen LogP contribution in [0.25, 0.3) is 0 Å². The highest BCUT2D eigenvalue weighted by atomic mass is 35.5. The maximum atomic E-state index is 12.5. The van der Waals surface area contributed by atoms with E-state index in [2.05, 4.69) is 15.2 Å². The van der Waals surface area contributed by atoms with E-state index in [1.165, 1.54) is 11.3 Å². The highest BCUT2D eigenvalue weighted by Crippen LogP contribution is 2.18. The van der Waals surface area contributed by atoms with Gasteiger partial charge in [0.05, 0.1) is 6.42 Å². The lowest BCUT2D eigenvalue weighted by Gasteiger charge is -2.31. The van der Waals surface area contributed by atoms with Crippen LogP contribution in [-0.4, -0.2) is 59.8 Å². The minimum absolute atomic E-state index is 0.0810. The number of rotatable bonds is 4. The molecule has 2 amide bonds. The number of benzene rings is 1. The van der Waals surface area contributed by atoms with Gasteiger partial charge in [-0.1, -0.05) is 23.7 Å². The second kappa shape index (κ2) is 7.95. The summed E-state index contributed by atoms with van der Waals surface area (Å²) >= 11 is 7.10. The number of nitrogens with one attached hydrogen (secondary N) is 1. The van der Waals surface area contributed by atoms with Crippen LogP contribution in [0, 0.1) is 0 Å². The van der Waals surface area contributed by atoms with Gasteiger partial charge in [-0.15, -0.1) is 11.3 Å². The summed E-state index contributed by atoms with van der Waals surface area (Å²) in [5.41, 5.74) is 1.25. The fraction of sp³-hybridized carbons (Fsp3) is 0.353. The number of likely N-dealkylation sites (N-methyl/N-ethyl adjacent to an activating group) is 1. The third-order valence-electron chi connectivity index (χ3n) is 4.04. The van der Waals surface area contributed by atoms with Crippen LogP contribution in [0.15, 0.2) is 29.6 Å². The molecule has 6 nitrogen and oxygen atoms in total. The third kappa shape index (κ3) is 4.78. The van der Waals surface area contributed by atoms with Crippen molar-refractivity contribution in [3.63, 3.8) is 0 Å². The Bertz CT molecular complexity index is 754. The number of halogens is 1. The minimum Gasteiger partial charge on any atom is -0.335 e. The lowest BCUT2D eigenvalue weighted by atomic mass is 10.1. The molecular weight excluding hydrogens is 360 g/mol. The lowest BCUT2D eigenvalue weighted by molar-refractivity contribution is -0.115. The van der Waals surface area contributed by atoms with Crippen LogP contribution < -0.4 is 5.32 Å². The molecule has 3 rings (SSSR count). The normalized spacial score (nSPS) is 15.2. The number of anilines is 1. The molecule has 1 N–H and O–H groups in total. The summed E-state index contributed by atoms with van der Waals surface area (Å²) in [6.45, 7) is 3.12. The first-order valence-electron chi connectivity index (χ1n) is 7.99. The Morgan fingerprint density at radius 1 is 1.20 bits per heavy atom.